The molecule has 1 saturated heterocycles. The number of aromatic nitrogens is 2. The second kappa shape index (κ2) is 6.68. The third-order valence-corrected chi connectivity index (χ3v) is 4.77. The zero-order valence-corrected chi connectivity index (χ0v) is 13.0. The van der Waals surface area contributed by atoms with Crippen LogP contribution < -0.4 is 0 Å². The Morgan fingerprint density at radius 3 is 3.19 bits per heavy atom. The van der Waals surface area contributed by atoms with Crippen molar-refractivity contribution in [2.75, 3.05) is 20.1 Å². The molecule has 3 heterocycles. The molecule has 1 aliphatic heterocycles. The zero-order valence-electron chi connectivity index (χ0n) is 12.2. The van der Waals surface area contributed by atoms with E-state index in [4.69, 9.17) is 0 Å². The van der Waals surface area contributed by atoms with Gasteiger partial charge in [0.2, 0.25) is 0 Å². The van der Waals surface area contributed by atoms with E-state index in [1.165, 1.54) is 4.88 Å². The number of likely N-dealkylation sites (tertiary alicyclic amines) is 1. The highest BCUT2D eigenvalue weighted by atomic mass is 32.1. The van der Waals surface area contributed by atoms with Gasteiger partial charge in [0.05, 0.1) is 6.54 Å². The maximum Gasteiger partial charge on any atom is 0.120 e. The van der Waals surface area contributed by atoms with Crippen LogP contribution in [0, 0.1) is 0 Å². The van der Waals surface area contributed by atoms with Crippen LogP contribution in [0.25, 0.3) is 0 Å². The molecule has 2 aromatic heterocycles. The van der Waals surface area contributed by atoms with Crippen molar-refractivity contribution in [2.24, 2.45) is 0 Å². The van der Waals surface area contributed by atoms with Crippen molar-refractivity contribution in [3.05, 3.63) is 40.6 Å². The Morgan fingerprint density at radius 1 is 1.57 bits per heavy atom. The summed E-state index contributed by atoms with van der Waals surface area (Å²) >= 11 is 1.74. The largest absolute Gasteiger partial charge is 0.348 e. The lowest BCUT2D eigenvalue weighted by Crippen LogP contribution is -2.38. The Labute approximate surface area is 128 Å². The Kier molecular flexibility index (Phi) is 4.67. The highest BCUT2D eigenvalue weighted by Gasteiger charge is 2.32. The van der Waals surface area contributed by atoms with E-state index in [1.54, 1.807) is 17.5 Å². The van der Waals surface area contributed by atoms with E-state index >= 15 is 0 Å². The van der Waals surface area contributed by atoms with E-state index in [2.05, 4.69) is 44.3 Å². The lowest BCUT2D eigenvalue weighted by Gasteiger charge is -2.27. The first-order chi connectivity index (χ1) is 10.2. The molecule has 1 aliphatic rings. The lowest BCUT2D eigenvalue weighted by atomic mass is 10.2. The van der Waals surface area contributed by atoms with E-state index in [-0.39, 0.29) is 6.04 Å². The molecule has 2 atom stereocenters. The van der Waals surface area contributed by atoms with Gasteiger partial charge in [0.1, 0.15) is 12.0 Å². The lowest BCUT2D eigenvalue weighted by molar-refractivity contribution is 0.180. The van der Waals surface area contributed by atoms with Crippen molar-refractivity contribution in [1.82, 2.24) is 19.8 Å². The normalized spacial score (nSPS) is 23.2. The van der Waals surface area contributed by atoms with Crippen molar-refractivity contribution in [1.29, 1.82) is 0 Å². The maximum absolute atomic E-state index is 13.8. The Balaban J connectivity index is 1.57. The molecule has 0 aromatic carbocycles. The predicted octanol–water partition coefficient (Wildman–Crippen LogP) is 2.52. The van der Waals surface area contributed by atoms with Crippen molar-refractivity contribution >= 4 is 11.3 Å². The first kappa shape index (κ1) is 14.7. The van der Waals surface area contributed by atoms with Gasteiger partial charge in [0, 0.05) is 42.9 Å². The van der Waals surface area contributed by atoms with E-state index in [9.17, 15) is 4.39 Å². The Bertz CT molecular complexity index is 528. The highest BCUT2D eigenvalue weighted by Crippen LogP contribution is 2.24. The Morgan fingerprint density at radius 2 is 2.48 bits per heavy atom. The number of hydrogen-bond acceptors (Lipinski definition) is 4. The fraction of sp³-hybridized carbons (Fsp3) is 0.533. The summed E-state index contributed by atoms with van der Waals surface area (Å²) in [5, 5.41) is 2.08. The Hall–Kier alpha value is -1.24. The summed E-state index contributed by atoms with van der Waals surface area (Å²) in [5.41, 5.74) is 0. The SMILES string of the molecule is CN(Cc1ncc[nH]1)C[C@@H]1C[C@H](F)CN1Cc1cccs1. The minimum absolute atomic E-state index is 0.280. The van der Waals surface area contributed by atoms with Crippen molar-refractivity contribution < 1.29 is 4.39 Å². The van der Waals surface area contributed by atoms with Crippen LogP contribution in [0.5, 0.6) is 0 Å². The van der Waals surface area contributed by atoms with Crippen LogP contribution >= 0.6 is 11.3 Å². The fourth-order valence-corrected chi connectivity index (χ4v) is 3.70. The number of hydrogen-bond donors (Lipinski definition) is 1. The summed E-state index contributed by atoms with van der Waals surface area (Å²) in [6, 6.07) is 4.46. The summed E-state index contributed by atoms with van der Waals surface area (Å²) in [6.07, 6.45) is 3.53. The van der Waals surface area contributed by atoms with Crippen LogP contribution in [-0.4, -0.2) is 52.1 Å². The van der Waals surface area contributed by atoms with Crippen LogP contribution in [0.2, 0.25) is 0 Å². The second-order valence-corrected chi connectivity index (χ2v) is 6.76. The molecule has 6 heteroatoms. The van der Waals surface area contributed by atoms with Crippen LogP contribution in [0.4, 0.5) is 4.39 Å². The van der Waals surface area contributed by atoms with Crippen LogP contribution in [0.3, 0.4) is 0 Å². The molecule has 0 bridgehead atoms. The molecule has 0 amide bonds. The van der Waals surface area contributed by atoms with Crippen molar-refractivity contribution in [2.45, 2.75) is 31.7 Å². The average molecular weight is 308 g/mol. The summed E-state index contributed by atoms with van der Waals surface area (Å²) in [4.78, 5) is 13.1. The average Bonchev–Trinajstić information content (AvgIpc) is 3.14. The summed E-state index contributed by atoms with van der Waals surface area (Å²) in [7, 11) is 2.07. The minimum Gasteiger partial charge on any atom is -0.348 e. The van der Waals surface area contributed by atoms with Gasteiger partial charge in [-0.25, -0.2) is 9.37 Å². The zero-order chi connectivity index (χ0) is 14.7. The predicted molar refractivity (Wildman–Crippen MR) is 83.0 cm³/mol. The van der Waals surface area contributed by atoms with Gasteiger partial charge in [-0.2, -0.15) is 0 Å². The number of rotatable bonds is 6. The molecule has 0 spiro atoms. The first-order valence-electron chi connectivity index (χ1n) is 7.28. The summed E-state index contributed by atoms with van der Waals surface area (Å²) in [5.74, 6) is 0.956. The van der Waals surface area contributed by atoms with Gasteiger partial charge in [-0.15, -0.1) is 11.3 Å². The number of nitrogens with zero attached hydrogens (tertiary/aromatic N) is 3. The topological polar surface area (TPSA) is 35.2 Å². The van der Waals surface area contributed by atoms with Gasteiger partial charge in [0.15, 0.2) is 0 Å². The number of halogens is 1. The molecular formula is C15H21FN4S. The number of aromatic amines is 1. The van der Waals surface area contributed by atoms with E-state index in [0.29, 0.717) is 13.0 Å². The van der Waals surface area contributed by atoms with Gasteiger partial charge < -0.3 is 4.98 Å². The molecule has 3 rings (SSSR count). The summed E-state index contributed by atoms with van der Waals surface area (Å²) in [6.45, 7) is 3.05. The van der Waals surface area contributed by atoms with Gasteiger partial charge >= 0.3 is 0 Å². The van der Waals surface area contributed by atoms with E-state index in [0.717, 1.165) is 25.5 Å². The van der Waals surface area contributed by atoms with Gasteiger partial charge in [-0.1, -0.05) is 6.07 Å². The molecule has 2 aromatic rings. The first-order valence-corrected chi connectivity index (χ1v) is 8.16. The second-order valence-electron chi connectivity index (χ2n) is 5.73. The third kappa shape index (κ3) is 3.90. The molecule has 0 radical (unpaired) electrons. The van der Waals surface area contributed by atoms with Crippen molar-refractivity contribution in [3.8, 4) is 0 Å². The number of nitrogens with one attached hydrogen (secondary N) is 1. The minimum atomic E-state index is -0.702. The quantitative estimate of drug-likeness (QED) is 0.890. The number of thiophene rings is 1. The smallest absolute Gasteiger partial charge is 0.120 e. The molecule has 1 fully saturated rings. The maximum atomic E-state index is 13.8. The molecule has 1 N–H and O–H groups in total. The number of imidazole rings is 1. The molecular weight excluding hydrogens is 287 g/mol. The van der Waals surface area contributed by atoms with Crippen LogP contribution in [0.1, 0.15) is 17.1 Å². The van der Waals surface area contributed by atoms with Crippen molar-refractivity contribution in [3.63, 3.8) is 0 Å². The number of alkyl halides is 1. The summed E-state index contributed by atoms with van der Waals surface area (Å²) < 4.78 is 13.8. The van der Waals surface area contributed by atoms with Gasteiger partial charge in [-0.3, -0.25) is 9.80 Å². The third-order valence-electron chi connectivity index (χ3n) is 3.91. The van der Waals surface area contributed by atoms with Crippen LogP contribution in [0.15, 0.2) is 29.9 Å². The molecule has 0 aliphatic carbocycles. The molecule has 114 valence electrons. The molecule has 4 nitrogen and oxygen atoms in total. The number of likely N-dealkylation sites (N-methyl/N-ethyl adjacent to an activating group) is 1. The number of H-pyrrole nitrogens is 1. The highest BCUT2D eigenvalue weighted by molar-refractivity contribution is 7.09. The van der Waals surface area contributed by atoms with Gasteiger partial charge in [-0.05, 0) is 24.9 Å². The monoisotopic (exact) mass is 308 g/mol. The van der Waals surface area contributed by atoms with E-state index in [1.807, 2.05) is 6.20 Å². The molecule has 21 heavy (non-hydrogen) atoms. The van der Waals surface area contributed by atoms with Crippen LogP contribution in [-0.2, 0) is 13.1 Å². The standard InChI is InChI=1S/C15H21FN4S/c1-19(11-15-17-4-5-18-15)9-13-7-12(16)8-20(13)10-14-3-2-6-21-14/h2-6,12-13H,7-11H2,1H3,(H,17,18)/t12-,13-/m0/s1. The van der Waals surface area contributed by atoms with Gasteiger partial charge in [0.25, 0.3) is 0 Å². The molecule has 0 unspecified atom stereocenters. The van der Waals surface area contributed by atoms with E-state index < -0.39 is 6.17 Å². The fourth-order valence-electron chi connectivity index (χ4n) is 2.97. The molecule has 0 saturated carbocycles.